The summed E-state index contributed by atoms with van der Waals surface area (Å²) in [7, 11) is 0. The monoisotopic (exact) mass is 347 g/mol. The molecular formula is C21H21N3O2. The van der Waals surface area contributed by atoms with Crippen LogP contribution in [0.15, 0.2) is 54.6 Å². The van der Waals surface area contributed by atoms with Crippen LogP contribution in [0.1, 0.15) is 35.4 Å². The van der Waals surface area contributed by atoms with Crippen LogP contribution >= 0.6 is 0 Å². The third-order valence-corrected chi connectivity index (χ3v) is 4.80. The summed E-state index contributed by atoms with van der Waals surface area (Å²) in [5, 5.41) is 0.967. The van der Waals surface area contributed by atoms with Crippen LogP contribution in [0, 0.1) is 0 Å². The molecule has 3 aromatic rings. The topological polar surface area (TPSA) is 55.3 Å². The first-order valence-corrected chi connectivity index (χ1v) is 9.00. The number of fused-ring (bicyclic) bond motifs is 1. The third kappa shape index (κ3) is 3.12. The highest BCUT2D eigenvalue weighted by Crippen LogP contribution is 2.33. The van der Waals surface area contributed by atoms with Crippen molar-refractivity contribution in [1.82, 2.24) is 9.97 Å². The highest BCUT2D eigenvalue weighted by atomic mass is 16.5. The van der Waals surface area contributed by atoms with Crippen molar-refractivity contribution in [2.24, 2.45) is 0 Å². The van der Waals surface area contributed by atoms with Crippen molar-refractivity contribution in [1.29, 1.82) is 0 Å². The van der Waals surface area contributed by atoms with Gasteiger partial charge in [-0.3, -0.25) is 0 Å². The van der Waals surface area contributed by atoms with Gasteiger partial charge in [0.1, 0.15) is 5.82 Å². The average Bonchev–Trinajstić information content (AvgIpc) is 3.18. The van der Waals surface area contributed by atoms with Gasteiger partial charge in [-0.25, -0.2) is 14.8 Å². The maximum atomic E-state index is 12.2. The quantitative estimate of drug-likeness (QED) is 0.672. The molecule has 0 amide bonds. The normalized spacial score (nSPS) is 16.8. The van der Waals surface area contributed by atoms with E-state index in [1.807, 2.05) is 30.3 Å². The Kier molecular flexibility index (Phi) is 4.52. The van der Waals surface area contributed by atoms with Gasteiger partial charge in [0.2, 0.25) is 5.82 Å². The van der Waals surface area contributed by atoms with Gasteiger partial charge in [0.15, 0.2) is 0 Å². The van der Waals surface area contributed by atoms with Crippen LogP contribution in [0.4, 0.5) is 5.82 Å². The summed E-state index contributed by atoms with van der Waals surface area (Å²) in [5.41, 5.74) is 2.11. The molecule has 0 N–H and O–H groups in total. The van der Waals surface area contributed by atoms with E-state index in [9.17, 15) is 4.79 Å². The minimum absolute atomic E-state index is 0.128. The zero-order chi connectivity index (χ0) is 17.9. The molecule has 1 aromatic heterocycles. The highest BCUT2D eigenvalue weighted by Gasteiger charge is 2.27. The maximum absolute atomic E-state index is 12.2. The van der Waals surface area contributed by atoms with Crippen molar-refractivity contribution in [2.45, 2.75) is 19.3 Å². The zero-order valence-corrected chi connectivity index (χ0v) is 14.8. The summed E-state index contributed by atoms with van der Waals surface area (Å²) in [4.78, 5) is 23.4. The number of ether oxygens (including phenoxy) is 1. The minimum Gasteiger partial charge on any atom is -0.460 e. The van der Waals surface area contributed by atoms with Crippen LogP contribution in [-0.2, 0) is 4.74 Å². The first-order valence-electron chi connectivity index (χ1n) is 9.00. The molecule has 0 unspecified atom stereocenters. The molecule has 5 heteroatoms. The number of benzene rings is 2. The number of rotatable bonds is 4. The largest absolute Gasteiger partial charge is 0.460 e. The number of nitrogens with zero attached hydrogens (tertiary/aromatic N) is 3. The van der Waals surface area contributed by atoms with E-state index in [1.165, 1.54) is 5.56 Å². The number of carbonyl (C=O) groups is 1. The van der Waals surface area contributed by atoms with E-state index in [2.05, 4.69) is 39.1 Å². The van der Waals surface area contributed by atoms with Crippen molar-refractivity contribution in [3.05, 3.63) is 66.0 Å². The molecule has 4 rings (SSSR count). The average molecular weight is 347 g/mol. The van der Waals surface area contributed by atoms with Crippen LogP contribution in [0.3, 0.4) is 0 Å². The van der Waals surface area contributed by atoms with Crippen molar-refractivity contribution >= 4 is 22.7 Å². The molecule has 1 fully saturated rings. The van der Waals surface area contributed by atoms with Gasteiger partial charge in [-0.05, 0) is 31.0 Å². The van der Waals surface area contributed by atoms with Gasteiger partial charge in [0.05, 0.1) is 12.1 Å². The Balaban J connectivity index is 1.70. The minimum atomic E-state index is -0.474. The Bertz CT molecular complexity index is 927. The van der Waals surface area contributed by atoms with E-state index >= 15 is 0 Å². The Morgan fingerprint density at radius 1 is 1.12 bits per heavy atom. The molecule has 0 radical (unpaired) electrons. The van der Waals surface area contributed by atoms with Gasteiger partial charge in [0.25, 0.3) is 0 Å². The Morgan fingerprint density at radius 2 is 1.88 bits per heavy atom. The second-order valence-electron chi connectivity index (χ2n) is 6.45. The van der Waals surface area contributed by atoms with Crippen LogP contribution < -0.4 is 4.90 Å². The zero-order valence-electron chi connectivity index (χ0n) is 14.8. The van der Waals surface area contributed by atoms with Crippen LogP contribution in [0.25, 0.3) is 10.9 Å². The molecule has 0 spiro atoms. The van der Waals surface area contributed by atoms with Crippen molar-refractivity contribution in [2.75, 3.05) is 24.6 Å². The van der Waals surface area contributed by atoms with Crippen LogP contribution in [0.5, 0.6) is 0 Å². The number of esters is 1. The smallest absolute Gasteiger partial charge is 0.376 e. The summed E-state index contributed by atoms with van der Waals surface area (Å²) in [5.74, 6) is 0.940. The number of carbonyl (C=O) groups excluding carboxylic acids is 1. The number of para-hydroxylation sites is 1. The van der Waals surface area contributed by atoms with E-state index in [-0.39, 0.29) is 5.82 Å². The Morgan fingerprint density at radius 3 is 2.69 bits per heavy atom. The van der Waals surface area contributed by atoms with E-state index in [0.29, 0.717) is 12.5 Å². The van der Waals surface area contributed by atoms with Gasteiger partial charge in [-0.15, -0.1) is 0 Å². The number of hydrogen-bond acceptors (Lipinski definition) is 5. The van der Waals surface area contributed by atoms with E-state index in [1.54, 1.807) is 6.92 Å². The van der Waals surface area contributed by atoms with Crippen LogP contribution in [0.2, 0.25) is 0 Å². The third-order valence-electron chi connectivity index (χ3n) is 4.80. The fourth-order valence-corrected chi connectivity index (χ4v) is 3.54. The van der Waals surface area contributed by atoms with Gasteiger partial charge < -0.3 is 9.64 Å². The summed E-state index contributed by atoms with van der Waals surface area (Å²) in [6.07, 6.45) is 1.07. The predicted molar refractivity (Wildman–Crippen MR) is 102 cm³/mol. The summed E-state index contributed by atoms with van der Waals surface area (Å²) >= 11 is 0. The molecule has 1 aliphatic rings. The van der Waals surface area contributed by atoms with Gasteiger partial charge in [-0.1, -0.05) is 42.5 Å². The molecule has 0 aliphatic carbocycles. The van der Waals surface area contributed by atoms with Gasteiger partial charge >= 0.3 is 5.97 Å². The summed E-state index contributed by atoms with van der Waals surface area (Å²) < 4.78 is 5.10. The number of aromatic nitrogens is 2. The number of anilines is 1. The molecule has 1 atom stereocenters. The summed E-state index contributed by atoms with van der Waals surface area (Å²) in [6.45, 7) is 3.88. The molecular weight excluding hydrogens is 326 g/mol. The molecule has 2 heterocycles. The molecule has 0 bridgehead atoms. The lowest BCUT2D eigenvalue weighted by Crippen LogP contribution is -2.22. The van der Waals surface area contributed by atoms with Gasteiger partial charge in [-0.2, -0.15) is 0 Å². The van der Waals surface area contributed by atoms with Gasteiger partial charge in [0, 0.05) is 24.4 Å². The highest BCUT2D eigenvalue weighted by molar-refractivity contribution is 5.94. The summed E-state index contributed by atoms with van der Waals surface area (Å²) in [6, 6.07) is 18.4. The molecule has 0 saturated carbocycles. The fraction of sp³-hybridized carbons (Fsp3) is 0.286. The van der Waals surface area contributed by atoms with E-state index < -0.39 is 5.97 Å². The lowest BCUT2D eigenvalue weighted by atomic mass is 9.99. The molecule has 1 saturated heterocycles. The van der Waals surface area contributed by atoms with Crippen molar-refractivity contribution in [3.8, 4) is 0 Å². The second-order valence-corrected chi connectivity index (χ2v) is 6.45. The standard InChI is InChI=1S/C21H21N3O2/c1-2-26-21(25)19-22-18-11-7-6-10-17(18)20(23-19)24-13-12-16(14-24)15-8-4-3-5-9-15/h3-11,16H,2,12-14H2,1H3/t16-/m1/s1. The van der Waals surface area contributed by atoms with Crippen molar-refractivity contribution in [3.63, 3.8) is 0 Å². The SMILES string of the molecule is CCOC(=O)c1nc(N2CC[C@@H](c3ccccc3)C2)c2ccccc2n1. The fourth-order valence-electron chi connectivity index (χ4n) is 3.54. The Labute approximate surface area is 152 Å². The Hall–Kier alpha value is -2.95. The first-order chi connectivity index (χ1) is 12.8. The van der Waals surface area contributed by atoms with Crippen LogP contribution in [-0.4, -0.2) is 35.6 Å². The molecule has 5 nitrogen and oxygen atoms in total. The van der Waals surface area contributed by atoms with E-state index in [0.717, 1.165) is 36.2 Å². The second kappa shape index (κ2) is 7.12. The first kappa shape index (κ1) is 16.5. The van der Waals surface area contributed by atoms with Crippen molar-refractivity contribution < 1.29 is 9.53 Å². The lowest BCUT2D eigenvalue weighted by molar-refractivity contribution is 0.0512. The lowest BCUT2D eigenvalue weighted by Gasteiger charge is -2.20. The molecule has 2 aromatic carbocycles. The maximum Gasteiger partial charge on any atom is 0.376 e. The predicted octanol–water partition coefficient (Wildman–Crippen LogP) is 3.80. The number of hydrogen-bond donors (Lipinski definition) is 0. The molecule has 26 heavy (non-hydrogen) atoms. The molecule has 132 valence electrons. The van der Waals surface area contributed by atoms with E-state index in [4.69, 9.17) is 4.74 Å². The molecule has 1 aliphatic heterocycles.